The van der Waals surface area contributed by atoms with E-state index in [-0.39, 0.29) is 0 Å². The van der Waals surface area contributed by atoms with Crippen molar-refractivity contribution in [2.45, 2.75) is 25.8 Å². The highest BCUT2D eigenvalue weighted by Gasteiger charge is 2.23. The average molecular weight is 205 g/mol. The van der Waals surface area contributed by atoms with Gasteiger partial charge in [-0.25, -0.2) is 0 Å². The summed E-state index contributed by atoms with van der Waals surface area (Å²) in [4.78, 5) is 0. The molecule has 0 aromatic heterocycles. The minimum Gasteiger partial charge on any atom is -0.492 e. The largest absolute Gasteiger partial charge is 0.492 e. The van der Waals surface area contributed by atoms with Crippen molar-refractivity contribution in [1.29, 1.82) is 0 Å². The van der Waals surface area contributed by atoms with E-state index >= 15 is 0 Å². The first-order valence-corrected chi connectivity index (χ1v) is 5.76. The summed E-state index contributed by atoms with van der Waals surface area (Å²) < 4.78 is 5.59. The highest BCUT2D eigenvalue weighted by Crippen LogP contribution is 2.25. The summed E-state index contributed by atoms with van der Waals surface area (Å²) in [6, 6.07) is 10.7. The molecule has 2 heteroatoms. The van der Waals surface area contributed by atoms with Gasteiger partial charge < -0.3 is 10.1 Å². The molecule has 1 aromatic carbocycles. The van der Waals surface area contributed by atoms with Crippen molar-refractivity contribution in [2.24, 2.45) is 5.92 Å². The molecule has 82 valence electrons. The third kappa shape index (κ3) is 3.24. The maximum Gasteiger partial charge on any atom is 0.119 e. The molecule has 0 saturated heterocycles. The van der Waals surface area contributed by atoms with Gasteiger partial charge in [-0.3, -0.25) is 0 Å². The van der Waals surface area contributed by atoms with E-state index in [2.05, 4.69) is 12.2 Å². The molecule has 15 heavy (non-hydrogen) atoms. The molecule has 1 N–H and O–H groups in total. The summed E-state index contributed by atoms with van der Waals surface area (Å²) in [6.07, 6.45) is 2.65. The molecule has 0 unspecified atom stereocenters. The molecule has 0 atom stereocenters. The summed E-state index contributed by atoms with van der Waals surface area (Å²) in [6.45, 7) is 4.01. The lowest BCUT2D eigenvalue weighted by Crippen LogP contribution is -2.41. The first-order valence-electron chi connectivity index (χ1n) is 5.76. The molecule has 1 aliphatic rings. The Hall–Kier alpha value is -1.02. The van der Waals surface area contributed by atoms with E-state index in [1.165, 1.54) is 12.8 Å². The van der Waals surface area contributed by atoms with Crippen molar-refractivity contribution in [3.63, 3.8) is 0 Å². The zero-order chi connectivity index (χ0) is 10.5. The van der Waals surface area contributed by atoms with Gasteiger partial charge in [-0.2, -0.15) is 0 Å². The summed E-state index contributed by atoms with van der Waals surface area (Å²) >= 11 is 0. The smallest absolute Gasteiger partial charge is 0.119 e. The van der Waals surface area contributed by atoms with Crippen LogP contribution in [0.4, 0.5) is 0 Å². The Balaban J connectivity index is 1.56. The molecule has 2 nitrogen and oxygen atoms in total. The molecule has 2 rings (SSSR count). The number of para-hydroxylation sites is 1. The predicted octanol–water partition coefficient (Wildman–Crippen LogP) is 2.45. The van der Waals surface area contributed by atoms with Crippen molar-refractivity contribution >= 4 is 0 Å². The van der Waals surface area contributed by atoms with E-state index in [1.54, 1.807) is 0 Å². The van der Waals surface area contributed by atoms with Gasteiger partial charge in [-0.05, 0) is 30.9 Å². The Morgan fingerprint density at radius 3 is 2.67 bits per heavy atom. The molecule has 0 radical (unpaired) electrons. The highest BCUT2D eigenvalue weighted by molar-refractivity contribution is 5.20. The Labute approximate surface area is 91.6 Å². The third-order valence-electron chi connectivity index (χ3n) is 2.92. The lowest BCUT2D eigenvalue weighted by Gasteiger charge is -2.33. The van der Waals surface area contributed by atoms with Crippen molar-refractivity contribution in [2.75, 3.05) is 13.2 Å². The van der Waals surface area contributed by atoms with Gasteiger partial charge in [0, 0.05) is 12.6 Å². The summed E-state index contributed by atoms with van der Waals surface area (Å²) in [5.41, 5.74) is 0. The molecule has 0 aliphatic heterocycles. The maximum absolute atomic E-state index is 5.59. The number of hydrogen-bond acceptors (Lipinski definition) is 2. The van der Waals surface area contributed by atoms with E-state index in [4.69, 9.17) is 4.74 Å². The standard InChI is InChI=1S/C13H19NO/c1-11-9-12(10-11)14-7-8-15-13-5-3-2-4-6-13/h2-6,11-12,14H,7-10H2,1H3. The zero-order valence-electron chi connectivity index (χ0n) is 9.28. The Bertz CT molecular complexity index is 280. The average Bonchev–Trinajstić information content (AvgIpc) is 2.23. The lowest BCUT2D eigenvalue weighted by molar-refractivity contribution is 0.223. The number of benzene rings is 1. The normalized spacial score (nSPS) is 24.6. The fraction of sp³-hybridized carbons (Fsp3) is 0.538. The van der Waals surface area contributed by atoms with Gasteiger partial charge in [0.15, 0.2) is 0 Å². The van der Waals surface area contributed by atoms with E-state index in [9.17, 15) is 0 Å². The first kappa shape index (κ1) is 10.5. The monoisotopic (exact) mass is 205 g/mol. The maximum atomic E-state index is 5.59. The van der Waals surface area contributed by atoms with Crippen LogP contribution in [0.15, 0.2) is 30.3 Å². The first-order chi connectivity index (χ1) is 7.34. The van der Waals surface area contributed by atoms with Crippen LogP contribution in [0.2, 0.25) is 0 Å². The number of hydrogen-bond donors (Lipinski definition) is 1. The van der Waals surface area contributed by atoms with Gasteiger partial charge in [-0.15, -0.1) is 0 Å². The quantitative estimate of drug-likeness (QED) is 0.745. The number of nitrogens with one attached hydrogen (secondary N) is 1. The SMILES string of the molecule is CC1CC(NCCOc2ccccc2)C1. The fourth-order valence-corrected chi connectivity index (χ4v) is 2.02. The van der Waals surface area contributed by atoms with Crippen LogP contribution in [0.5, 0.6) is 5.75 Å². The molecule has 0 spiro atoms. The molecular weight excluding hydrogens is 186 g/mol. The Morgan fingerprint density at radius 2 is 2.00 bits per heavy atom. The zero-order valence-corrected chi connectivity index (χ0v) is 9.28. The van der Waals surface area contributed by atoms with Gasteiger partial charge in [0.2, 0.25) is 0 Å². The van der Waals surface area contributed by atoms with Crippen LogP contribution in [0, 0.1) is 5.92 Å². The molecule has 1 fully saturated rings. The summed E-state index contributed by atoms with van der Waals surface area (Å²) in [5, 5.41) is 3.49. The second-order valence-corrected chi connectivity index (χ2v) is 4.39. The molecule has 0 heterocycles. The van der Waals surface area contributed by atoms with Crippen LogP contribution in [0.1, 0.15) is 19.8 Å². The topological polar surface area (TPSA) is 21.3 Å². The summed E-state index contributed by atoms with van der Waals surface area (Å²) in [7, 11) is 0. The summed E-state index contributed by atoms with van der Waals surface area (Å²) in [5.74, 6) is 1.87. The van der Waals surface area contributed by atoms with Crippen molar-refractivity contribution in [3.8, 4) is 5.75 Å². The predicted molar refractivity (Wildman–Crippen MR) is 62.1 cm³/mol. The van der Waals surface area contributed by atoms with Gasteiger partial charge in [-0.1, -0.05) is 25.1 Å². The molecule has 1 aliphatic carbocycles. The van der Waals surface area contributed by atoms with Crippen molar-refractivity contribution < 1.29 is 4.74 Å². The van der Waals surface area contributed by atoms with Crippen LogP contribution in [0.3, 0.4) is 0 Å². The third-order valence-corrected chi connectivity index (χ3v) is 2.92. The van der Waals surface area contributed by atoms with Gasteiger partial charge >= 0.3 is 0 Å². The van der Waals surface area contributed by atoms with Crippen molar-refractivity contribution in [3.05, 3.63) is 30.3 Å². The molecule has 1 saturated carbocycles. The van der Waals surface area contributed by atoms with Gasteiger partial charge in [0.1, 0.15) is 12.4 Å². The van der Waals surface area contributed by atoms with Crippen LogP contribution in [-0.4, -0.2) is 19.2 Å². The van der Waals surface area contributed by atoms with E-state index in [0.29, 0.717) is 0 Å². The molecular formula is C13H19NO. The van der Waals surface area contributed by atoms with Gasteiger partial charge in [0.05, 0.1) is 0 Å². The number of rotatable bonds is 5. The Morgan fingerprint density at radius 1 is 1.27 bits per heavy atom. The second-order valence-electron chi connectivity index (χ2n) is 4.39. The van der Waals surface area contributed by atoms with Crippen LogP contribution in [-0.2, 0) is 0 Å². The lowest BCUT2D eigenvalue weighted by atomic mass is 9.82. The number of ether oxygens (including phenoxy) is 1. The minimum absolute atomic E-state index is 0.736. The minimum atomic E-state index is 0.736. The van der Waals surface area contributed by atoms with Crippen LogP contribution < -0.4 is 10.1 Å². The fourth-order valence-electron chi connectivity index (χ4n) is 2.02. The molecule has 1 aromatic rings. The molecule has 0 bridgehead atoms. The second kappa shape index (κ2) is 5.17. The van der Waals surface area contributed by atoms with E-state index in [1.807, 2.05) is 30.3 Å². The van der Waals surface area contributed by atoms with Crippen LogP contribution in [0.25, 0.3) is 0 Å². The van der Waals surface area contributed by atoms with Crippen molar-refractivity contribution in [1.82, 2.24) is 5.32 Å². The van der Waals surface area contributed by atoms with E-state index < -0.39 is 0 Å². The van der Waals surface area contributed by atoms with Gasteiger partial charge in [0.25, 0.3) is 0 Å². The van der Waals surface area contributed by atoms with E-state index in [0.717, 1.165) is 30.9 Å². The van der Waals surface area contributed by atoms with Crippen LogP contribution >= 0.6 is 0 Å². The highest BCUT2D eigenvalue weighted by atomic mass is 16.5. The Kier molecular flexibility index (Phi) is 3.62. The molecule has 0 amide bonds.